The van der Waals surface area contributed by atoms with Crippen molar-refractivity contribution in [3.63, 3.8) is 0 Å². The highest BCUT2D eigenvalue weighted by Crippen LogP contribution is 2.28. The highest BCUT2D eigenvalue weighted by molar-refractivity contribution is 6.30. The van der Waals surface area contributed by atoms with Crippen molar-refractivity contribution in [2.24, 2.45) is 5.92 Å². The normalized spacial score (nSPS) is 23.8. The number of carbonyl (C=O) groups is 1. The van der Waals surface area contributed by atoms with E-state index in [0.29, 0.717) is 35.7 Å². The Morgan fingerprint density at radius 2 is 2.42 bits per heavy atom. The molecular weight excluding hydrogens is 332 g/mol. The van der Waals surface area contributed by atoms with Crippen LogP contribution in [0.15, 0.2) is 35.2 Å². The number of aliphatic hydroxyl groups excluding tert-OH is 1. The van der Waals surface area contributed by atoms with Crippen LogP contribution >= 0.6 is 11.6 Å². The Kier molecular flexibility index (Phi) is 3.82. The van der Waals surface area contributed by atoms with E-state index in [1.807, 2.05) is 0 Å². The number of amides is 1. The average Bonchev–Trinajstić information content (AvgIpc) is 3.25. The summed E-state index contributed by atoms with van der Waals surface area (Å²) in [7, 11) is 0. The van der Waals surface area contributed by atoms with Crippen LogP contribution in [-0.2, 0) is 6.54 Å². The van der Waals surface area contributed by atoms with Crippen molar-refractivity contribution in [2.45, 2.75) is 31.5 Å². The Morgan fingerprint density at radius 1 is 1.54 bits per heavy atom. The molecule has 0 radical (unpaired) electrons. The molecule has 1 saturated carbocycles. The summed E-state index contributed by atoms with van der Waals surface area (Å²) < 4.78 is 7.01. The van der Waals surface area contributed by atoms with E-state index in [9.17, 15) is 9.90 Å². The summed E-state index contributed by atoms with van der Waals surface area (Å²) in [4.78, 5) is 15.4. The molecule has 1 aliphatic rings. The molecule has 1 aliphatic carbocycles. The second-order valence-corrected chi connectivity index (χ2v) is 6.68. The Balaban J connectivity index is 1.39. The van der Waals surface area contributed by atoms with Crippen molar-refractivity contribution in [3.8, 4) is 0 Å². The van der Waals surface area contributed by atoms with Gasteiger partial charge in [-0.15, -0.1) is 0 Å². The van der Waals surface area contributed by atoms with Gasteiger partial charge in [-0.3, -0.25) is 9.48 Å². The lowest BCUT2D eigenvalue weighted by Gasteiger charge is -2.15. The van der Waals surface area contributed by atoms with Gasteiger partial charge in [0.25, 0.3) is 5.91 Å². The van der Waals surface area contributed by atoms with Gasteiger partial charge in [0.1, 0.15) is 5.69 Å². The van der Waals surface area contributed by atoms with Gasteiger partial charge in [0.2, 0.25) is 0 Å². The third kappa shape index (κ3) is 2.92. The van der Waals surface area contributed by atoms with Crippen molar-refractivity contribution in [3.05, 3.63) is 41.5 Å². The van der Waals surface area contributed by atoms with Crippen LogP contribution < -0.4 is 5.32 Å². The molecule has 1 fully saturated rings. The van der Waals surface area contributed by atoms with E-state index in [1.54, 1.807) is 35.5 Å². The second kappa shape index (κ2) is 5.99. The topological polar surface area (TPSA) is 96.1 Å². The summed E-state index contributed by atoms with van der Waals surface area (Å²) in [5.74, 6) is -0.00517. The fourth-order valence-corrected chi connectivity index (χ4v) is 3.50. The molecule has 0 saturated heterocycles. The van der Waals surface area contributed by atoms with Crippen molar-refractivity contribution in [1.82, 2.24) is 20.1 Å². The number of fused-ring (bicyclic) bond motifs is 1. The van der Waals surface area contributed by atoms with Gasteiger partial charge in [0.05, 0.1) is 35.1 Å². The van der Waals surface area contributed by atoms with Crippen LogP contribution in [0.2, 0.25) is 5.02 Å². The third-order valence-electron chi connectivity index (χ3n) is 4.47. The number of rotatable bonds is 4. The molecule has 3 aromatic rings. The van der Waals surface area contributed by atoms with Gasteiger partial charge in [0, 0.05) is 24.9 Å². The summed E-state index contributed by atoms with van der Waals surface area (Å²) in [5.41, 5.74) is 1.85. The summed E-state index contributed by atoms with van der Waals surface area (Å²) in [6.07, 6.45) is 5.66. The smallest absolute Gasteiger partial charge is 0.268 e. The second-order valence-electron chi connectivity index (χ2n) is 6.25. The van der Waals surface area contributed by atoms with E-state index in [0.717, 1.165) is 5.52 Å². The van der Waals surface area contributed by atoms with E-state index < -0.39 is 6.10 Å². The number of carbonyl (C=O) groups excluding carboxylic acids is 1. The minimum Gasteiger partial charge on any atom is -0.463 e. The Morgan fingerprint density at radius 3 is 3.17 bits per heavy atom. The molecule has 4 rings (SSSR count). The van der Waals surface area contributed by atoms with Gasteiger partial charge >= 0.3 is 0 Å². The van der Waals surface area contributed by atoms with Crippen molar-refractivity contribution in [2.75, 3.05) is 0 Å². The number of halogens is 1. The third-order valence-corrected chi connectivity index (χ3v) is 4.67. The van der Waals surface area contributed by atoms with Crippen molar-refractivity contribution >= 4 is 28.6 Å². The Bertz CT molecular complexity index is 839. The molecule has 8 heteroatoms. The van der Waals surface area contributed by atoms with E-state index in [-0.39, 0.29) is 17.9 Å². The molecule has 3 aromatic heterocycles. The maximum Gasteiger partial charge on any atom is 0.268 e. The monoisotopic (exact) mass is 348 g/mol. The van der Waals surface area contributed by atoms with Crippen LogP contribution in [0.4, 0.5) is 0 Å². The summed E-state index contributed by atoms with van der Waals surface area (Å²) in [6.45, 7) is 0.672. The number of hydrogen-bond acceptors (Lipinski definition) is 4. The summed E-state index contributed by atoms with van der Waals surface area (Å²) in [6, 6.07) is 3.15. The van der Waals surface area contributed by atoms with E-state index in [1.165, 1.54) is 0 Å². The van der Waals surface area contributed by atoms with E-state index >= 15 is 0 Å². The first-order valence-corrected chi connectivity index (χ1v) is 8.19. The van der Waals surface area contributed by atoms with Crippen LogP contribution in [-0.4, -0.2) is 37.9 Å². The van der Waals surface area contributed by atoms with Crippen molar-refractivity contribution < 1.29 is 14.3 Å². The molecule has 0 aliphatic heterocycles. The predicted octanol–water partition coefficient (Wildman–Crippen LogP) is 2.18. The predicted molar refractivity (Wildman–Crippen MR) is 87.8 cm³/mol. The first-order valence-electron chi connectivity index (χ1n) is 7.81. The quantitative estimate of drug-likeness (QED) is 0.673. The van der Waals surface area contributed by atoms with Gasteiger partial charge < -0.3 is 19.8 Å². The molecule has 0 bridgehead atoms. The molecule has 3 heterocycles. The van der Waals surface area contributed by atoms with E-state index in [2.05, 4.69) is 15.4 Å². The van der Waals surface area contributed by atoms with Gasteiger partial charge in [-0.05, 0) is 18.8 Å². The van der Waals surface area contributed by atoms with Gasteiger partial charge in [-0.1, -0.05) is 11.6 Å². The lowest BCUT2D eigenvalue weighted by atomic mass is 10.1. The number of H-pyrrole nitrogens is 1. The number of aromatic nitrogens is 3. The number of nitrogens with zero attached hydrogens (tertiary/aromatic N) is 2. The number of furan rings is 1. The Labute approximate surface area is 142 Å². The van der Waals surface area contributed by atoms with Gasteiger partial charge in [-0.25, -0.2) is 0 Å². The molecule has 126 valence electrons. The molecule has 1 amide bonds. The lowest BCUT2D eigenvalue weighted by molar-refractivity contribution is 0.0868. The maximum absolute atomic E-state index is 12.4. The number of aliphatic hydroxyl groups is 1. The minimum atomic E-state index is -0.567. The first kappa shape index (κ1) is 15.3. The molecule has 24 heavy (non-hydrogen) atoms. The minimum absolute atomic E-state index is 0.237. The summed E-state index contributed by atoms with van der Waals surface area (Å²) in [5, 5.41) is 17.9. The zero-order valence-electron chi connectivity index (χ0n) is 12.8. The zero-order chi connectivity index (χ0) is 16.7. The van der Waals surface area contributed by atoms with Crippen molar-refractivity contribution in [1.29, 1.82) is 0 Å². The van der Waals surface area contributed by atoms with Crippen LogP contribution in [0.1, 0.15) is 23.3 Å². The molecular formula is C16H17ClN4O3. The van der Waals surface area contributed by atoms with Gasteiger partial charge in [0.15, 0.2) is 5.58 Å². The standard InChI is InChI=1S/C16H17ClN4O3/c17-10-6-18-21(8-10)7-9-3-12(14(22)4-9)20-16(23)13-5-15-11(19-13)1-2-24-15/h1-2,5-6,8-9,12,14,19,22H,3-4,7H2,(H,20,23)/t9?,12-,14-/m1/s1. The Hall–Kier alpha value is -2.25. The van der Waals surface area contributed by atoms with Crippen LogP contribution in [0.3, 0.4) is 0 Å². The largest absolute Gasteiger partial charge is 0.463 e. The fourth-order valence-electron chi connectivity index (χ4n) is 3.34. The fraction of sp³-hybridized carbons (Fsp3) is 0.375. The molecule has 1 unspecified atom stereocenters. The number of nitrogens with one attached hydrogen (secondary N) is 2. The molecule has 7 nitrogen and oxygen atoms in total. The first-order chi connectivity index (χ1) is 11.6. The highest BCUT2D eigenvalue weighted by atomic mass is 35.5. The molecule has 0 spiro atoms. The van der Waals surface area contributed by atoms with Crippen LogP contribution in [0, 0.1) is 5.92 Å². The summed E-state index contributed by atoms with van der Waals surface area (Å²) >= 11 is 5.86. The highest BCUT2D eigenvalue weighted by Gasteiger charge is 2.34. The molecule has 3 atom stereocenters. The average molecular weight is 349 g/mol. The maximum atomic E-state index is 12.4. The SMILES string of the molecule is O=C(N[C@@H]1CC(Cn2cc(Cl)cn2)C[C@H]1O)c1cc2occc2[nH]1. The molecule has 0 aromatic carbocycles. The zero-order valence-corrected chi connectivity index (χ0v) is 13.5. The van der Waals surface area contributed by atoms with E-state index in [4.69, 9.17) is 16.0 Å². The number of hydrogen-bond donors (Lipinski definition) is 3. The molecule has 3 N–H and O–H groups in total. The van der Waals surface area contributed by atoms with Crippen LogP contribution in [0.25, 0.3) is 11.1 Å². The van der Waals surface area contributed by atoms with Crippen LogP contribution in [0.5, 0.6) is 0 Å². The number of aromatic amines is 1. The van der Waals surface area contributed by atoms with Gasteiger partial charge in [-0.2, -0.15) is 5.10 Å². The lowest BCUT2D eigenvalue weighted by Crippen LogP contribution is -2.40.